The molecule has 1 aliphatic rings. The summed E-state index contributed by atoms with van der Waals surface area (Å²) in [6.07, 6.45) is 0.244. The van der Waals surface area contributed by atoms with Crippen molar-refractivity contribution < 1.29 is 24.2 Å². The Morgan fingerprint density at radius 2 is 1.61 bits per heavy atom. The van der Waals surface area contributed by atoms with Gasteiger partial charge in [0.05, 0.1) is 0 Å². The molecule has 0 fully saturated rings. The zero-order valence-electron chi connectivity index (χ0n) is 17.6. The Kier molecular flexibility index (Phi) is 7.65. The van der Waals surface area contributed by atoms with Gasteiger partial charge >= 0.3 is 12.1 Å². The Morgan fingerprint density at radius 3 is 2.23 bits per heavy atom. The van der Waals surface area contributed by atoms with Crippen LogP contribution < -0.4 is 10.6 Å². The smallest absolute Gasteiger partial charge is 0.407 e. The number of fused-ring (bicyclic) bond motifs is 3. The predicted octanol–water partition coefficient (Wildman–Crippen LogP) is 3.53. The number of carbonyl (C=O) groups is 3. The summed E-state index contributed by atoms with van der Waals surface area (Å²) >= 11 is 0. The lowest BCUT2D eigenvalue weighted by atomic mass is 9.98. The molecule has 0 saturated carbocycles. The van der Waals surface area contributed by atoms with Crippen LogP contribution in [-0.2, 0) is 14.3 Å². The molecule has 2 amide bonds. The minimum Gasteiger partial charge on any atom is -0.481 e. The van der Waals surface area contributed by atoms with Crippen molar-refractivity contribution >= 4 is 18.0 Å². The number of benzene rings is 2. The van der Waals surface area contributed by atoms with Crippen molar-refractivity contribution in [3.05, 3.63) is 59.7 Å². The van der Waals surface area contributed by atoms with Crippen molar-refractivity contribution in [2.75, 3.05) is 19.7 Å². The fraction of sp³-hybridized carbons (Fsp3) is 0.375. The van der Waals surface area contributed by atoms with Crippen LogP contribution in [-0.4, -0.2) is 42.8 Å². The average Bonchev–Trinajstić information content (AvgIpc) is 3.07. The quantitative estimate of drug-likeness (QED) is 0.506. The van der Waals surface area contributed by atoms with E-state index in [4.69, 9.17) is 9.84 Å². The Morgan fingerprint density at radius 1 is 1.00 bits per heavy atom. The van der Waals surface area contributed by atoms with E-state index in [1.807, 2.05) is 24.3 Å². The monoisotopic (exact) mass is 424 g/mol. The number of hydrogen-bond donors (Lipinski definition) is 3. The first-order valence-corrected chi connectivity index (χ1v) is 10.5. The maximum Gasteiger partial charge on any atom is 0.407 e. The van der Waals surface area contributed by atoms with Crippen molar-refractivity contribution in [3.63, 3.8) is 0 Å². The van der Waals surface area contributed by atoms with Crippen LogP contribution in [0, 0.1) is 5.92 Å². The van der Waals surface area contributed by atoms with Crippen molar-refractivity contribution in [1.82, 2.24) is 10.6 Å². The Labute approximate surface area is 181 Å². The molecule has 3 N–H and O–H groups in total. The molecule has 1 atom stereocenters. The number of rotatable bonds is 10. The minimum absolute atomic E-state index is 0.0109. The highest BCUT2D eigenvalue weighted by molar-refractivity contribution is 5.79. The third-order valence-corrected chi connectivity index (χ3v) is 5.36. The van der Waals surface area contributed by atoms with E-state index < -0.39 is 12.1 Å². The number of carboxylic acids is 1. The van der Waals surface area contributed by atoms with Gasteiger partial charge in [-0.2, -0.15) is 0 Å². The van der Waals surface area contributed by atoms with Crippen LogP contribution in [0.1, 0.15) is 43.2 Å². The molecular formula is C24H28N2O5. The van der Waals surface area contributed by atoms with E-state index in [0.717, 1.165) is 11.1 Å². The number of alkyl carbamates (subject to hydrolysis) is 1. The van der Waals surface area contributed by atoms with E-state index in [2.05, 4.69) is 34.9 Å². The van der Waals surface area contributed by atoms with Gasteiger partial charge in [-0.1, -0.05) is 55.5 Å². The highest BCUT2D eigenvalue weighted by atomic mass is 16.5. The molecule has 0 saturated heterocycles. The highest BCUT2D eigenvalue weighted by Gasteiger charge is 2.28. The first-order valence-electron chi connectivity index (χ1n) is 10.5. The van der Waals surface area contributed by atoms with Gasteiger partial charge in [-0.05, 0) is 34.6 Å². The standard InChI is InChI=1S/C24H28N2O5/c1-16(13-23(28)29)14-26-22(27)11-6-12-25-24(30)31-15-21-19-9-4-2-7-17(19)18-8-3-5-10-20(18)21/h2-5,7-10,16,21H,6,11-15H2,1H3,(H,25,30)(H,26,27)(H,28,29). The van der Waals surface area contributed by atoms with E-state index in [-0.39, 0.29) is 37.2 Å². The number of ether oxygens (including phenoxy) is 1. The Hall–Kier alpha value is -3.35. The SMILES string of the molecule is CC(CNC(=O)CCCNC(=O)OCC1c2ccccc2-c2ccccc21)CC(=O)O. The van der Waals surface area contributed by atoms with Crippen molar-refractivity contribution in [3.8, 4) is 11.1 Å². The van der Waals surface area contributed by atoms with E-state index >= 15 is 0 Å². The summed E-state index contributed by atoms with van der Waals surface area (Å²) in [5, 5.41) is 14.1. The third-order valence-electron chi connectivity index (χ3n) is 5.36. The van der Waals surface area contributed by atoms with Crippen molar-refractivity contribution in [1.29, 1.82) is 0 Å². The number of aliphatic carboxylic acids is 1. The fourth-order valence-corrected chi connectivity index (χ4v) is 3.84. The van der Waals surface area contributed by atoms with E-state index in [1.165, 1.54) is 11.1 Å². The van der Waals surface area contributed by atoms with Crippen LogP contribution in [0.25, 0.3) is 11.1 Å². The normalized spacial score (nSPS) is 13.1. The zero-order valence-corrected chi connectivity index (χ0v) is 17.6. The van der Waals surface area contributed by atoms with Gasteiger partial charge in [0.1, 0.15) is 6.61 Å². The van der Waals surface area contributed by atoms with Gasteiger partial charge in [0.2, 0.25) is 5.91 Å². The molecule has 0 aromatic heterocycles. The molecule has 7 nitrogen and oxygen atoms in total. The summed E-state index contributed by atoms with van der Waals surface area (Å²) in [5.41, 5.74) is 4.67. The van der Waals surface area contributed by atoms with Crippen LogP contribution in [0.5, 0.6) is 0 Å². The van der Waals surface area contributed by atoms with Gasteiger partial charge in [0, 0.05) is 31.8 Å². The molecule has 0 spiro atoms. The van der Waals surface area contributed by atoms with Gasteiger partial charge in [-0.15, -0.1) is 0 Å². The molecule has 7 heteroatoms. The number of hydrogen-bond acceptors (Lipinski definition) is 4. The summed E-state index contributed by atoms with van der Waals surface area (Å²) in [6.45, 7) is 2.68. The highest BCUT2D eigenvalue weighted by Crippen LogP contribution is 2.44. The summed E-state index contributed by atoms with van der Waals surface area (Å²) < 4.78 is 5.46. The molecule has 1 unspecified atom stereocenters. The Bertz CT molecular complexity index is 898. The molecule has 0 bridgehead atoms. The van der Waals surface area contributed by atoms with E-state index in [1.54, 1.807) is 6.92 Å². The molecule has 3 rings (SSSR count). The third kappa shape index (κ3) is 6.07. The second-order valence-electron chi connectivity index (χ2n) is 7.86. The van der Waals surface area contributed by atoms with Crippen LogP contribution in [0.2, 0.25) is 0 Å². The van der Waals surface area contributed by atoms with Crippen molar-refractivity contribution in [2.45, 2.75) is 32.1 Å². The van der Waals surface area contributed by atoms with Gasteiger partial charge in [-0.3, -0.25) is 9.59 Å². The number of carboxylic acid groups (broad SMARTS) is 1. The van der Waals surface area contributed by atoms with Crippen LogP contribution in [0.15, 0.2) is 48.5 Å². The number of amides is 2. The van der Waals surface area contributed by atoms with Crippen LogP contribution in [0.3, 0.4) is 0 Å². The predicted molar refractivity (Wildman–Crippen MR) is 117 cm³/mol. The summed E-state index contributed by atoms with van der Waals surface area (Å²) in [4.78, 5) is 34.5. The molecule has 1 aliphatic carbocycles. The van der Waals surface area contributed by atoms with Crippen LogP contribution in [0.4, 0.5) is 4.79 Å². The minimum atomic E-state index is -0.881. The molecule has 31 heavy (non-hydrogen) atoms. The molecule has 0 radical (unpaired) electrons. The summed E-state index contributed by atoms with van der Waals surface area (Å²) in [5.74, 6) is -1.15. The first-order chi connectivity index (χ1) is 15.0. The number of nitrogens with one attached hydrogen (secondary N) is 2. The fourth-order valence-electron chi connectivity index (χ4n) is 3.84. The molecule has 0 aliphatic heterocycles. The topological polar surface area (TPSA) is 105 Å². The van der Waals surface area contributed by atoms with Crippen molar-refractivity contribution in [2.24, 2.45) is 5.92 Å². The summed E-state index contributed by atoms with van der Waals surface area (Å²) in [6, 6.07) is 16.3. The molecule has 164 valence electrons. The lowest BCUT2D eigenvalue weighted by Gasteiger charge is -2.14. The van der Waals surface area contributed by atoms with Gasteiger partial charge in [0.25, 0.3) is 0 Å². The lowest BCUT2D eigenvalue weighted by molar-refractivity contribution is -0.138. The van der Waals surface area contributed by atoms with Gasteiger partial charge in [-0.25, -0.2) is 4.79 Å². The summed E-state index contributed by atoms with van der Waals surface area (Å²) in [7, 11) is 0. The zero-order chi connectivity index (χ0) is 22.2. The largest absolute Gasteiger partial charge is 0.481 e. The molecular weight excluding hydrogens is 396 g/mol. The second-order valence-corrected chi connectivity index (χ2v) is 7.86. The van der Waals surface area contributed by atoms with E-state index in [0.29, 0.717) is 19.5 Å². The molecule has 2 aromatic carbocycles. The van der Waals surface area contributed by atoms with Crippen LogP contribution >= 0.6 is 0 Å². The maximum atomic E-state index is 12.1. The van der Waals surface area contributed by atoms with E-state index in [9.17, 15) is 14.4 Å². The van der Waals surface area contributed by atoms with Gasteiger partial charge in [0.15, 0.2) is 0 Å². The van der Waals surface area contributed by atoms with Gasteiger partial charge < -0.3 is 20.5 Å². The average molecular weight is 424 g/mol. The second kappa shape index (κ2) is 10.6. The Balaban J connectivity index is 1.38. The first kappa shape index (κ1) is 22.3. The number of carbonyl (C=O) groups excluding carboxylic acids is 2. The molecule has 2 aromatic rings. The molecule has 0 heterocycles. The maximum absolute atomic E-state index is 12.1. The lowest BCUT2D eigenvalue weighted by Crippen LogP contribution is -2.31.